The van der Waals surface area contributed by atoms with Gasteiger partial charge in [0.2, 0.25) is 0 Å². The normalized spacial score (nSPS) is 28.8. The molecule has 2 N–H and O–H groups in total. The zero-order chi connectivity index (χ0) is 45.9. The summed E-state index contributed by atoms with van der Waals surface area (Å²) in [6.45, 7) is 9.39. The summed E-state index contributed by atoms with van der Waals surface area (Å²) in [5.74, 6) is -1.85. The highest BCUT2D eigenvalue weighted by Gasteiger charge is 2.76. The number of halogens is 3. The van der Waals surface area contributed by atoms with Crippen LogP contribution in [0, 0.1) is 16.2 Å². The Bertz CT molecular complexity index is 2470. The highest BCUT2D eigenvalue weighted by Crippen LogP contribution is 2.66. The second-order valence-electron chi connectivity index (χ2n) is 19.7. The first kappa shape index (κ1) is 45.3. The molecule has 0 radical (unpaired) electrons. The summed E-state index contributed by atoms with van der Waals surface area (Å²) in [4.78, 5) is 45.6. The van der Waals surface area contributed by atoms with Crippen LogP contribution < -0.4 is 4.74 Å². The number of carbonyl (C=O) groups is 3. The number of ether oxygens (including phenoxy) is 2. The van der Waals surface area contributed by atoms with Gasteiger partial charge < -0.3 is 24.6 Å². The first-order valence-corrected chi connectivity index (χ1v) is 22.5. The van der Waals surface area contributed by atoms with Crippen molar-refractivity contribution in [3.05, 3.63) is 137 Å². The van der Waals surface area contributed by atoms with Crippen molar-refractivity contribution in [1.29, 1.82) is 0 Å². The van der Waals surface area contributed by atoms with E-state index in [9.17, 15) is 28.2 Å². The zero-order valence-electron chi connectivity index (χ0n) is 37.3. The number of allylic oxidation sites excluding steroid dienone is 2. The number of carbonyl (C=O) groups excluding carboxylic acids is 3. The van der Waals surface area contributed by atoms with Gasteiger partial charge in [0.25, 0.3) is 5.91 Å². The summed E-state index contributed by atoms with van der Waals surface area (Å²) in [6.07, 6.45) is 0.759. The van der Waals surface area contributed by atoms with E-state index in [1.807, 2.05) is 107 Å². The van der Waals surface area contributed by atoms with E-state index in [2.05, 4.69) is 10.8 Å². The largest absolute Gasteiger partial charge is 0.573 e. The lowest BCUT2D eigenvalue weighted by atomic mass is 9.64. The van der Waals surface area contributed by atoms with Crippen LogP contribution in [0.4, 0.5) is 13.2 Å². The molecule has 338 valence electrons. The van der Waals surface area contributed by atoms with E-state index < -0.39 is 57.5 Å². The van der Waals surface area contributed by atoms with Crippen LogP contribution in [-0.2, 0) is 27.3 Å². The summed E-state index contributed by atoms with van der Waals surface area (Å²) >= 11 is 0. The molecule has 5 aliphatic rings. The third-order valence-electron chi connectivity index (χ3n) is 15.9. The summed E-state index contributed by atoms with van der Waals surface area (Å²) < 4.78 is 49.6. The average molecular weight is 878 g/mol. The van der Waals surface area contributed by atoms with Crippen LogP contribution in [0.25, 0.3) is 11.1 Å². The fourth-order valence-corrected chi connectivity index (χ4v) is 11.4. The molecule has 1 amide bonds. The van der Waals surface area contributed by atoms with Crippen molar-refractivity contribution >= 4 is 17.7 Å². The maximum Gasteiger partial charge on any atom is 0.573 e. The van der Waals surface area contributed by atoms with E-state index >= 15 is 9.59 Å². The Morgan fingerprint density at radius 3 is 2.23 bits per heavy atom. The first-order chi connectivity index (χ1) is 30.2. The maximum atomic E-state index is 15.4. The molecule has 1 aliphatic heterocycles. The minimum atomic E-state index is -4.88. The lowest BCUT2D eigenvalue weighted by Gasteiger charge is -2.47. The summed E-state index contributed by atoms with van der Waals surface area (Å²) in [6, 6.07) is 28.4. The van der Waals surface area contributed by atoms with Crippen LogP contribution in [0.1, 0.15) is 125 Å². The number of ketones is 1. The quantitative estimate of drug-likeness (QED) is 0.0978. The standard InChI is InChI=1S/C53H58F3NO7/c1-34-12-11-26-49(4)44(41-24-20-36(30-38(58)21-17-34)31-43(41)45(59)42-16-10-9-15-40(42)37-13-7-6-8-14-37)25-27-51(49,62)33-57(32-35-18-22-39(23-19-35)63-53(54,55)56)46(60)52-29-28-50(5,47(61)64-52)48(52,2)3/h6-10,12-16,18-20,22-24,31,38,44,58,62H,11,17,21,25-30,32-33H2,1-5H3/t38-,44-,49-,50-,51+,52+/m0/s1. The van der Waals surface area contributed by atoms with E-state index in [0.29, 0.717) is 61.6 Å². The van der Waals surface area contributed by atoms with Gasteiger partial charge in [0, 0.05) is 28.5 Å². The molecule has 0 aromatic heterocycles. The summed E-state index contributed by atoms with van der Waals surface area (Å²) in [5.41, 5.74) is 0.0950. The molecule has 2 saturated carbocycles. The van der Waals surface area contributed by atoms with Gasteiger partial charge >= 0.3 is 12.3 Å². The van der Waals surface area contributed by atoms with Crippen molar-refractivity contribution in [3.8, 4) is 16.9 Å². The molecule has 4 aromatic rings. The zero-order valence-corrected chi connectivity index (χ0v) is 37.3. The SMILES string of the molecule is CC1=CCC[C@@]2(C)[C@@H](CC[C@@]2(O)CN(Cc2ccc(OC(F)(F)F)cc2)C(=O)[C@@]23CC[C@@](C)(C(=O)O2)C3(C)C)c2ccc(cc2C(=O)c2ccccc2-c2ccccc2)C[C@@H](O)CC1. The highest BCUT2D eigenvalue weighted by molar-refractivity contribution is 6.14. The number of alkyl halides is 3. The number of nitrogens with zero attached hydrogens (tertiary/aromatic N) is 1. The monoisotopic (exact) mass is 877 g/mol. The molecule has 4 aromatic carbocycles. The smallest absolute Gasteiger partial charge is 0.448 e. The predicted molar refractivity (Wildman–Crippen MR) is 237 cm³/mol. The third-order valence-corrected chi connectivity index (χ3v) is 15.9. The molecule has 64 heavy (non-hydrogen) atoms. The van der Waals surface area contributed by atoms with Gasteiger partial charge in [0.05, 0.1) is 23.7 Å². The molecule has 6 atom stereocenters. The number of fused-ring (bicyclic) bond motifs is 10. The number of amides is 1. The molecular formula is C53H58F3NO7. The van der Waals surface area contributed by atoms with Crippen molar-refractivity contribution in [1.82, 2.24) is 4.90 Å². The van der Waals surface area contributed by atoms with Gasteiger partial charge in [-0.05, 0) is 124 Å². The third kappa shape index (κ3) is 7.86. The van der Waals surface area contributed by atoms with E-state index in [1.54, 1.807) is 4.90 Å². The molecule has 3 fully saturated rings. The molecular weight excluding hydrogens is 820 g/mol. The number of esters is 1. The van der Waals surface area contributed by atoms with Gasteiger partial charge in [-0.3, -0.25) is 14.4 Å². The van der Waals surface area contributed by atoms with Crippen molar-refractivity contribution < 1.29 is 47.2 Å². The van der Waals surface area contributed by atoms with Crippen molar-refractivity contribution in [3.63, 3.8) is 0 Å². The number of aliphatic hydroxyl groups is 2. The van der Waals surface area contributed by atoms with Crippen LogP contribution in [0.5, 0.6) is 5.75 Å². The number of rotatable bonds is 9. The van der Waals surface area contributed by atoms with Gasteiger partial charge in [-0.2, -0.15) is 0 Å². The second kappa shape index (κ2) is 16.6. The Hall–Kier alpha value is -5.26. The van der Waals surface area contributed by atoms with Crippen molar-refractivity contribution in [2.75, 3.05) is 6.54 Å². The van der Waals surface area contributed by atoms with Gasteiger partial charge in [0.15, 0.2) is 11.4 Å². The Labute approximate surface area is 373 Å². The van der Waals surface area contributed by atoms with E-state index in [-0.39, 0.29) is 37.6 Å². The Balaban J connectivity index is 1.23. The number of benzene rings is 4. The molecule has 1 heterocycles. The van der Waals surface area contributed by atoms with E-state index in [0.717, 1.165) is 27.8 Å². The lowest BCUT2D eigenvalue weighted by Crippen LogP contribution is -2.60. The van der Waals surface area contributed by atoms with Crippen LogP contribution in [0.3, 0.4) is 0 Å². The Morgan fingerprint density at radius 1 is 0.859 bits per heavy atom. The average Bonchev–Trinajstić information content (AvgIpc) is 3.69. The highest BCUT2D eigenvalue weighted by atomic mass is 19.4. The molecule has 11 heteroatoms. The second-order valence-corrected chi connectivity index (χ2v) is 19.7. The maximum absolute atomic E-state index is 15.4. The predicted octanol–water partition coefficient (Wildman–Crippen LogP) is 10.7. The fraction of sp³-hybridized carbons (Fsp3) is 0.453. The van der Waals surface area contributed by atoms with Crippen molar-refractivity contribution in [2.45, 2.75) is 129 Å². The molecule has 4 bridgehead atoms. The summed E-state index contributed by atoms with van der Waals surface area (Å²) in [7, 11) is 0. The topological polar surface area (TPSA) is 113 Å². The van der Waals surface area contributed by atoms with Gasteiger partial charge in [-0.15, -0.1) is 13.2 Å². The van der Waals surface area contributed by atoms with Crippen LogP contribution in [-0.4, -0.2) is 63.0 Å². The molecule has 4 aliphatic carbocycles. The molecule has 1 saturated heterocycles. The van der Waals surface area contributed by atoms with E-state index in [1.165, 1.54) is 24.3 Å². The Morgan fingerprint density at radius 2 is 1.56 bits per heavy atom. The minimum Gasteiger partial charge on any atom is -0.448 e. The summed E-state index contributed by atoms with van der Waals surface area (Å²) in [5, 5.41) is 24.7. The first-order valence-electron chi connectivity index (χ1n) is 22.5. The van der Waals surface area contributed by atoms with Crippen LogP contribution >= 0.6 is 0 Å². The molecule has 9 rings (SSSR count). The van der Waals surface area contributed by atoms with Crippen LogP contribution in [0.2, 0.25) is 0 Å². The van der Waals surface area contributed by atoms with Gasteiger partial charge in [-0.1, -0.05) is 111 Å². The minimum absolute atomic E-state index is 0.0870. The van der Waals surface area contributed by atoms with E-state index in [4.69, 9.17) is 4.74 Å². The number of aliphatic hydroxyl groups excluding tert-OH is 1. The molecule has 0 unspecified atom stereocenters. The Kier molecular flexibility index (Phi) is 11.8. The number of hydrogen-bond donors (Lipinski definition) is 2. The van der Waals surface area contributed by atoms with Crippen molar-refractivity contribution in [2.24, 2.45) is 16.2 Å². The molecule has 8 nitrogen and oxygen atoms in total. The number of hydrogen-bond acceptors (Lipinski definition) is 7. The van der Waals surface area contributed by atoms with Gasteiger partial charge in [-0.25, -0.2) is 0 Å². The fourth-order valence-electron chi connectivity index (χ4n) is 11.4. The van der Waals surface area contributed by atoms with Gasteiger partial charge in [0.1, 0.15) is 5.75 Å². The molecule has 0 spiro atoms. The van der Waals surface area contributed by atoms with Crippen LogP contribution in [0.15, 0.2) is 109 Å². The lowest BCUT2D eigenvalue weighted by molar-refractivity contribution is -0.274.